The molecule has 4 heteroatoms. The van der Waals surface area contributed by atoms with Crippen molar-refractivity contribution in [2.75, 3.05) is 0 Å². The molecule has 0 aliphatic heterocycles. The smallest absolute Gasteiger partial charge is 0.195 e. The molecule has 0 saturated heterocycles. The van der Waals surface area contributed by atoms with Gasteiger partial charge in [-0.15, -0.1) is 0 Å². The van der Waals surface area contributed by atoms with Crippen LogP contribution >= 0.6 is 0 Å². The molecule has 0 heterocycles. The van der Waals surface area contributed by atoms with E-state index in [0.29, 0.717) is 36.1 Å². The van der Waals surface area contributed by atoms with Crippen molar-refractivity contribution in [2.45, 2.75) is 32.6 Å². The maximum atomic E-state index is 12.9. The zero-order valence-corrected chi connectivity index (χ0v) is 12.2. The van der Waals surface area contributed by atoms with E-state index in [1.165, 1.54) is 0 Å². The molecule has 1 aliphatic carbocycles. The van der Waals surface area contributed by atoms with Crippen LogP contribution in [0.2, 0.25) is 0 Å². The van der Waals surface area contributed by atoms with Crippen molar-refractivity contribution < 1.29 is 9.59 Å². The number of carbonyl (C=O) groups is 2. The van der Waals surface area contributed by atoms with Gasteiger partial charge in [-0.25, -0.2) is 0 Å². The minimum absolute atomic E-state index is 0.135. The van der Waals surface area contributed by atoms with Crippen LogP contribution in [0.25, 0.3) is 0 Å². The number of hydrogen-bond donors (Lipinski definition) is 2. The molecule has 21 heavy (non-hydrogen) atoms. The third-order valence-corrected chi connectivity index (χ3v) is 3.82. The third-order valence-electron chi connectivity index (χ3n) is 3.82. The molecule has 0 bridgehead atoms. The maximum Gasteiger partial charge on any atom is 0.195 e. The zero-order chi connectivity index (χ0) is 15.4. The summed E-state index contributed by atoms with van der Waals surface area (Å²) in [5, 5.41) is 0. The number of allylic oxidation sites excluding steroid dienone is 4. The van der Waals surface area contributed by atoms with Crippen LogP contribution in [0.4, 0.5) is 0 Å². The Hall–Kier alpha value is -2.36. The molecule has 1 aromatic carbocycles. The highest BCUT2D eigenvalue weighted by Crippen LogP contribution is 2.31. The monoisotopic (exact) mass is 284 g/mol. The second-order valence-corrected chi connectivity index (χ2v) is 5.11. The number of ketones is 1. The van der Waals surface area contributed by atoms with Gasteiger partial charge in [-0.05, 0) is 30.4 Å². The number of nitrogens with two attached hydrogens (primary N) is 2. The van der Waals surface area contributed by atoms with E-state index in [2.05, 4.69) is 0 Å². The lowest BCUT2D eigenvalue weighted by atomic mass is 9.85. The summed E-state index contributed by atoms with van der Waals surface area (Å²) in [6.45, 7) is 1.96. The number of aldehydes is 1. The average molecular weight is 284 g/mol. The molecule has 0 saturated carbocycles. The first-order valence-electron chi connectivity index (χ1n) is 7.12. The van der Waals surface area contributed by atoms with Gasteiger partial charge in [0, 0.05) is 29.0 Å². The van der Waals surface area contributed by atoms with Crippen LogP contribution in [-0.2, 0) is 11.2 Å². The lowest BCUT2D eigenvalue weighted by Gasteiger charge is -2.22. The van der Waals surface area contributed by atoms with Gasteiger partial charge < -0.3 is 16.3 Å². The Labute approximate surface area is 124 Å². The molecule has 0 aromatic heterocycles. The van der Waals surface area contributed by atoms with Gasteiger partial charge in [-0.3, -0.25) is 4.79 Å². The lowest BCUT2D eigenvalue weighted by Crippen LogP contribution is -2.21. The van der Waals surface area contributed by atoms with E-state index in [9.17, 15) is 9.59 Å². The van der Waals surface area contributed by atoms with Gasteiger partial charge in [0.1, 0.15) is 6.29 Å². The molecule has 0 unspecified atom stereocenters. The van der Waals surface area contributed by atoms with E-state index in [1.807, 2.05) is 13.0 Å². The number of benzene rings is 1. The highest BCUT2D eigenvalue weighted by molar-refractivity contribution is 6.13. The van der Waals surface area contributed by atoms with Crippen LogP contribution < -0.4 is 11.5 Å². The molecule has 110 valence electrons. The second kappa shape index (κ2) is 6.39. The molecular formula is C17H20N2O2. The molecule has 4 N–H and O–H groups in total. The molecule has 0 atom stereocenters. The number of rotatable bonds is 5. The Balaban J connectivity index is 2.51. The van der Waals surface area contributed by atoms with Crippen LogP contribution in [-0.4, -0.2) is 12.1 Å². The van der Waals surface area contributed by atoms with Crippen molar-refractivity contribution in [3.05, 3.63) is 57.9 Å². The lowest BCUT2D eigenvalue weighted by molar-refractivity contribution is -0.107. The SMILES string of the molecule is CCC1=C(N)CCC(N)=C1C(=O)c1ccccc1CC=O. The van der Waals surface area contributed by atoms with Crippen molar-refractivity contribution in [3.8, 4) is 0 Å². The molecule has 0 radical (unpaired) electrons. The quantitative estimate of drug-likeness (QED) is 0.641. The van der Waals surface area contributed by atoms with Gasteiger partial charge in [-0.2, -0.15) is 0 Å². The van der Waals surface area contributed by atoms with E-state index >= 15 is 0 Å². The molecule has 0 fully saturated rings. The molecule has 0 amide bonds. The summed E-state index contributed by atoms with van der Waals surface area (Å²) in [4.78, 5) is 23.7. The van der Waals surface area contributed by atoms with Crippen LogP contribution in [0.5, 0.6) is 0 Å². The number of carbonyl (C=O) groups excluding carboxylic acids is 2. The molecule has 0 spiro atoms. The fraction of sp³-hybridized carbons (Fsp3) is 0.294. The van der Waals surface area contributed by atoms with E-state index < -0.39 is 0 Å². The Bertz CT molecular complexity index is 642. The summed E-state index contributed by atoms with van der Waals surface area (Å²) in [6.07, 6.45) is 2.99. The highest BCUT2D eigenvalue weighted by Gasteiger charge is 2.25. The van der Waals surface area contributed by atoms with Gasteiger partial charge in [0.15, 0.2) is 5.78 Å². The van der Waals surface area contributed by atoms with Gasteiger partial charge >= 0.3 is 0 Å². The van der Waals surface area contributed by atoms with Crippen molar-refractivity contribution in [2.24, 2.45) is 11.5 Å². The zero-order valence-electron chi connectivity index (χ0n) is 12.2. The fourth-order valence-electron chi connectivity index (χ4n) is 2.73. The molecular weight excluding hydrogens is 264 g/mol. The Kier molecular flexibility index (Phi) is 4.58. The maximum absolute atomic E-state index is 12.9. The van der Waals surface area contributed by atoms with Crippen LogP contribution in [0.15, 0.2) is 46.8 Å². The fourth-order valence-corrected chi connectivity index (χ4v) is 2.73. The van der Waals surface area contributed by atoms with Crippen molar-refractivity contribution in [1.29, 1.82) is 0 Å². The summed E-state index contributed by atoms with van der Waals surface area (Å²) in [7, 11) is 0. The number of hydrogen-bond acceptors (Lipinski definition) is 4. The van der Waals surface area contributed by atoms with E-state index in [-0.39, 0.29) is 12.2 Å². The minimum atomic E-state index is -0.135. The van der Waals surface area contributed by atoms with Gasteiger partial charge in [-0.1, -0.05) is 31.2 Å². The predicted molar refractivity (Wildman–Crippen MR) is 82.5 cm³/mol. The Morgan fingerprint density at radius 2 is 1.86 bits per heavy atom. The van der Waals surface area contributed by atoms with Crippen LogP contribution in [0, 0.1) is 0 Å². The van der Waals surface area contributed by atoms with Gasteiger partial charge in [0.25, 0.3) is 0 Å². The number of Topliss-reactive ketones (excluding diaryl/α,β-unsaturated/α-hetero) is 1. The summed E-state index contributed by atoms with van der Waals surface area (Å²) < 4.78 is 0. The first-order valence-corrected chi connectivity index (χ1v) is 7.12. The van der Waals surface area contributed by atoms with Gasteiger partial charge in [0.2, 0.25) is 0 Å². The van der Waals surface area contributed by atoms with Crippen LogP contribution in [0.1, 0.15) is 42.1 Å². The van der Waals surface area contributed by atoms with E-state index in [0.717, 1.165) is 23.1 Å². The molecule has 2 rings (SSSR count). The molecule has 4 nitrogen and oxygen atoms in total. The van der Waals surface area contributed by atoms with Crippen molar-refractivity contribution in [1.82, 2.24) is 0 Å². The van der Waals surface area contributed by atoms with Gasteiger partial charge in [0.05, 0.1) is 0 Å². The first kappa shape index (κ1) is 15.0. The first-order chi connectivity index (χ1) is 10.1. The second-order valence-electron chi connectivity index (χ2n) is 5.11. The topological polar surface area (TPSA) is 86.2 Å². The van der Waals surface area contributed by atoms with Crippen molar-refractivity contribution in [3.63, 3.8) is 0 Å². The third kappa shape index (κ3) is 2.89. The van der Waals surface area contributed by atoms with Crippen molar-refractivity contribution >= 4 is 12.1 Å². The Morgan fingerprint density at radius 3 is 2.52 bits per heavy atom. The average Bonchev–Trinajstić information content (AvgIpc) is 2.49. The van der Waals surface area contributed by atoms with Crippen LogP contribution in [0.3, 0.4) is 0 Å². The molecule has 1 aromatic rings. The summed E-state index contributed by atoms with van der Waals surface area (Å²) in [6, 6.07) is 7.14. The highest BCUT2D eigenvalue weighted by atomic mass is 16.1. The van der Waals surface area contributed by atoms with E-state index in [4.69, 9.17) is 11.5 Å². The largest absolute Gasteiger partial charge is 0.402 e. The minimum Gasteiger partial charge on any atom is -0.402 e. The molecule has 1 aliphatic rings. The van der Waals surface area contributed by atoms with E-state index in [1.54, 1.807) is 18.2 Å². The standard InChI is InChI=1S/C17H20N2O2/c1-2-12-14(18)7-8-15(19)16(12)17(21)13-6-4-3-5-11(13)9-10-20/h3-6,10H,2,7-9,18-19H2,1H3. The summed E-state index contributed by atoms with van der Waals surface area (Å²) in [5.41, 5.74) is 16.0. The normalized spacial score (nSPS) is 15.3. The predicted octanol–water partition coefficient (Wildman–Crippen LogP) is 2.24. The summed E-state index contributed by atoms with van der Waals surface area (Å²) in [5.74, 6) is -0.135. The Morgan fingerprint density at radius 1 is 1.19 bits per heavy atom. The summed E-state index contributed by atoms with van der Waals surface area (Å²) >= 11 is 0.